The number of rotatable bonds is 7. The van der Waals surface area contributed by atoms with Gasteiger partial charge in [-0.15, -0.1) is 0 Å². The predicted molar refractivity (Wildman–Crippen MR) is 83.9 cm³/mol. The molecule has 1 aromatic heterocycles. The molecule has 0 fully saturated rings. The standard InChI is InChI=1S/C16H19N3O5/c1-23-16(22)12(7-10-5-3-2-4-6-10)18-14(21)13-9-24-15(19-13)11(17)8-20/h2-6,9,11-12,20H,7-8,17H2,1H3,(H,18,21). The van der Waals surface area contributed by atoms with E-state index in [4.69, 9.17) is 20.0 Å². The van der Waals surface area contributed by atoms with Crippen LogP contribution in [0.1, 0.15) is 28.0 Å². The summed E-state index contributed by atoms with van der Waals surface area (Å²) in [6.45, 7) is -0.361. The van der Waals surface area contributed by atoms with Crippen molar-refractivity contribution in [1.82, 2.24) is 10.3 Å². The lowest BCUT2D eigenvalue weighted by Gasteiger charge is -2.15. The average Bonchev–Trinajstić information content (AvgIpc) is 3.11. The molecule has 0 bridgehead atoms. The Morgan fingerprint density at radius 1 is 1.38 bits per heavy atom. The van der Waals surface area contributed by atoms with Crippen molar-refractivity contribution in [2.45, 2.75) is 18.5 Å². The molecule has 1 heterocycles. The lowest BCUT2D eigenvalue weighted by Crippen LogP contribution is -2.43. The SMILES string of the molecule is COC(=O)C(Cc1ccccc1)NC(=O)c1coc(C(N)CO)n1. The van der Waals surface area contributed by atoms with Crippen molar-refractivity contribution in [3.63, 3.8) is 0 Å². The van der Waals surface area contributed by atoms with Gasteiger partial charge in [-0.1, -0.05) is 30.3 Å². The fourth-order valence-electron chi connectivity index (χ4n) is 2.06. The molecule has 0 spiro atoms. The van der Waals surface area contributed by atoms with Gasteiger partial charge >= 0.3 is 5.97 Å². The Hall–Kier alpha value is -2.71. The van der Waals surface area contributed by atoms with Gasteiger partial charge in [0.2, 0.25) is 5.89 Å². The number of nitrogens with two attached hydrogens (primary N) is 1. The summed E-state index contributed by atoms with van der Waals surface area (Å²) in [6.07, 6.45) is 1.40. The van der Waals surface area contributed by atoms with Gasteiger partial charge in [0, 0.05) is 6.42 Å². The summed E-state index contributed by atoms with van der Waals surface area (Å²) in [4.78, 5) is 28.1. The van der Waals surface area contributed by atoms with Crippen LogP contribution >= 0.6 is 0 Å². The first-order valence-corrected chi connectivity index (χ1v) is 7.29. The van der Waals surface area contributed by atoms with Crippen LogP contribution in [0.25, 0.3) is 0 Å². The Balaban J connectivity index is 2.09. The fraction of sp³-hybridized carbons (Fsp3) is 0.312. The highest BCUT2D eigenvalue weighted by molar-refractivity contribution is 5.95. The molecule has 0 radical (unpaired) electrons. The highest BCUT2D eigenvalue weighted by atomic mass is 16.5. The van der Waals surface area contributed by atoms with Crippen LogP contribution in [0.15, 0.2) is 41.0 Å². The third-order valence-corrected chi connectivity index (χ3v) is 3.34. The lowest BCUT2D eigenvalue weighted by molar-refractivity contribution is -0.142. The van der Waals surface area contributed by atoms with Crippen LogP contribution in [0.5, 0.6) is 0 Å². The van der Waals surface area contributed by atoms with Gasteiger partial charge in [0.05, 0.1) is 13.7 Å². The van der Waals surface area contributed by atoms with Gasteiger partial charge in [-0.2, -0.15) is 0 Å². The molecule has 128 valence electrons. The number of aromatic nitrogens is 1. The van der Waals surface area contributed by atoms with E-state index in [1.54, 1.807) is 0 Å². The van der Waals surface area contributed by atoms with Gasteiger partial charge in [0.15, 0.2) is 5.69 Å². The Kier molecular flexibility index (Phi) is 6.05. The van der Waals surface area contributed by atoms with Crippen molar-refractivity contribution >= 4 is 11.9 Å². The highest BCUT2D eigenvalue weighted by Gasteiger charge is 2.24. The quantitative estimate of drug-likeness (QED) is 0.617. The second-order valence-electron chi connectivity index (χ2n) is 5.10. The van der Waals surface area contributed by atoms with E-state index in [-0.39, 0.29) is 24.6 Å². The first kappa shape index (κ1) is 17.6. The van der Waals surface area contributed by atoms with Crippen LogP contribution in [-0.2, 0) is 16.0 Å². The van der Waals surface area contributed by atoms with Gasteiger partial charge in [0.25, 0.3) is 5.91 Å². The van der Waals surface area contributed by atoms with E-state index in [9.17, 15) is 9.59 Å². The maximum absolute atomic E-state index is 12.2. The number of benzene rings is 1. The van der Waals surface area contributed by atoms with Crippen LogP contribution in [-0.4, -0.2) is 41.7 Å². The minimum absolute atomic E-state index is 0.0316. The largest absolute Gasteiger partial charge is 0.467 e. The van der Waals surface area contributed by atoms with Crippen molar-refractivity contribution in [2.24, 2.45) is 5.73 Å². The number of methoxy groups -OCH3 is 1. The van der Waals surface area contributed by atoms with E-state index >= 15 is 0 Å². The summed E-state index contributed by atoms with van der Waals surface area (Å²) < 4.78 is 9.78. The predicted octanol–water partition coefficient (Wildman–Crippen LogP) is 0.181. The summed E-state index contributed by atoms with van der Waals surface area (Å²) in [5.74, 6) is -1.12. The molecule has 24 heavy (non-hydrogen) atoms. The summed E-state index contributed by atoms with van der Waals surface area (Å²) >= 11 is 0. The van der Waals surface area contributed by atoms with Gasteiger partial charge in [-0.05, 0) is 5.56 Å². The second kappa shape index (κ2) is 8.23. The number of amides is 1. The summed E-state index contributed by atoms with van der Waals surface area (Å²) in [7, 11) is 1.25. The molecule has 2 unspecified atom stereocenters. The van der Waals surface area contributed by atoms with Crippen LogP contribution in [0.2, 0.25) is 0 Å². The molecule has 2 atom stereocenters. The van der Waals surface area contributed by atoms with E-state index in [1.807, 2.05) is 30.3 Å². The number of esters is 1. The third kappa shape index (κ3) is 4.40. The number of nitrogens with zero attached hydrogens (tertiary/aromatic N) is 1. The summed E-state index contributed by atoms with van der Waals surface area (Å²) in [6, 6.07) is 7.55. The Morgan fingerprint density at radius 2 is 2.08 bits per heavy atom. The van der Waals surface area contributed by atoms with Gasteiger partial charge in [-0.25, -0.2) is 9.78 Å². The molecule has 0 saturated carbocycles. The van der Waals surface area contributed by atoms with Gasteiger partial charge < -0.3 is 25.3 Å². The number of carbonyl (C=O) groups excluding carboxylic acids is 2. The minimum atomic E-state index is -0.864. The molecule has 2 aromatic rings. The monoisotopic (exact) mass is 333 g/mol. The van der Waals surface area contributed by atoms with Crippen LogP contribution in [0, 0.1) is 0 Å². The van der Waals surface area contributed by atoms with E-state index < -0.39 is 24.0 Å². The van der Waals surface area contributed by atoms with Gasteiger partial charge in [0.1, 0.15) is 18.3 Å². The normalized spacial score (nSPS) is 13.1. The second-order valence-corrected chi connectivity index (χ2v) is 5.10. The topological polar surface area (TPSA) is 128 Å². The minimum Gasteiger partial charge on any atom is -0.467 e. The molecule has 0 aliphatic heterocycles. The fourth-order valence-corrected chi connectivity index (χ4v) is 2.06. The number of hydrogen-bond acceptors (Lipinski definition) is 7. The van der Waals surface area contributed by atoms with E-state index in [2.05, 4.69) is 10.3 Å². The summed E-state index contributed by atoms with van der Waals surface area (Å²) in [5.41, 5.74) is 6.41. The third-order valence-electron chi connectivity index (χ3n) is 3.34. The number of nitrogens with one attached hydrogen (secondary N) is 1. The number of ether oxygens (including phenoxy) is 1. The highest BCUT2D eigenvalue weighted by Crippen LogP contribution is 2.10. The number of aliphatic hydroxyl groups is 1. The zero-order valence-corrected chi connectivity index (χ0v) is 13.1. The van der Waals surface area contributed by atoms with Crippen molar-refractivity contribution < 1.29 is 23.8 Å². The molecule has 8 nitrogen and oxygen atoms in total. The van der Waals surface area contributed by atoms with Gasteiger partial charge in [-0.3, -0.25) is 4.79 Å². The maximum atomic E-state index is 12.2. The Morgan fingerprint density at radius 3 is 2.71 bits per heavy atom. The number of aliphatic hydroxyl groups excluding tert-OH is 1. The molecule has 1 aromatic carbocycles. The van der Waals surface area contributed by atoms with Crippen LogP contribution in [0.3, 0.4) is 0 Å². The van der Waals surface area contributed by atoms with Crippen molar-refractivity contribution in [3.05, 3.63) is 53.7 Å². The van der Waals surface area contributed by atoms with E-state index in [1.165, 1.54) is 7.11 Å². The van der Waals surface area contributed by atoms with E-state index in [0.717, 1.165) is 11.8 Å². The smallest absolute Gasteiger partial charge is 0.328 e. The number of hydrogen-bond donors (Lipinski definition) is 3. The zero-order chi connectivity index (χ0) is 17.5. The van der Waals surface area contributed by atoms with Crippen LogP contribution in [0.4, 0.5) is 0 Å². The van der Waals surface area contributed by atoms with Crippen molar-refractivity contribution in [3.8, 4) is 0 Å². The Labute approximate surface area is 138 Å². The molecule has 0 aliphatic carbocycles. The Bertz CT molecular complexity index is 686. The molecule has 4 N–H and O–H groups in total. The number of oxazole rings is 1. The van der Waals surface area contributed by atoms with Crippen molar-refractivity contribution in [2.75, 3.05) is 13.7 Å². The first-order chi connectivity index (χ1) is 11.5. The summed E-state index contributed by atoms with van der Waals surface area (Å²) in [5, 5.41) is 11.5. The molecule has 2 rings (SSSR count). The number of carbonyl (C=O) groups is 2. The zero-order valence-electron chi connectivity index (χ0n) is 13.1. The van der Waals surface area contributed by atoms with Crippen molar-refractivity contribution in [1.29, 1.82) is 0 Å². The van der Waals surface area contributed by atoms with E-state index in [0.29, 0.717) is 0 Å². The molecule has 8 heteroatoms. The lowest BCUT2D eigenvalue weighted by atomic mass is 10.1. The molecule has 1 amide bonds. The van der Waals surface area contributed by atoms with Crippen LogP contribution < -0.4 is 11.1 Å². The average molecular weight is 333 g/mol. The molecular formula is C16H19N3O5. The molecular weight excluding hydrogens is 314 g/mol. The molecule has 0 saturated heterocycles. The molecule has 0 aliphatic rings. The first-order valence-electron chi connectivity index (χ1n) is 7.29. The maximum Gasteiger partial charge on any atom is 0.328 e.